The van der Waals surface area contributed by atoms with Crippen molar-refractivity contribution in [3.05, 3.63) is 34.9 Å². The third-order valence-corrected chi connectivity index (χ3v) is 2.59. The molecule has 0 atom stereocenters. The number of aryl methyl sites for hydroxylation is 1. The number of carbonyl (C=O) groups is 2. The molecular weight excluding hydrogens is 254 g/mol. The van der Waals surface area contributed by atoms with Gasteiger partial charge in [0.05, 0.1) is 6.54 Å². The van der Waals surface area contributed by atoms with Crippen LogP contribution in [0.3, 0.4) is 0 Å². The lowest BCUT2D eigenvalue weighted by Crippen LogP contribution is -2.29. The van der Waals surface area contributed by atoms with Crippen LogP contribution in [0.25, 0.3) is 0 Å². The number of benzene rings is 1. The largest absolute Gasteiger partial charge is 0.359 e. The molecule has 5 heteroatoms. The van der Waals surface area contributed by atoms with E-state index in [4.69, 9.17) is 5.73 Å². The standard InChI is InChI=1S/C15H19N3O2/c1-11-8-12(4-3-6-16)10-13(9-11)15(20)18-7-5-14(19)17-2/h8-10H,5-7,16H2,1-2H3,(H,17,19)(H,18,20). The molecule has 0 fully saturated rings. The van der Waals surface area contributed by atoms with Crippen LogP contribution in [0.4, 0.5) is 0 Å². The van der Waals surface area contributed by atoms with Gasteiger partial charge in [-0.15, -0.1) is 0 Å². The third kappa shape index (κ3) is 5.12. The topological polar surface area (TPSA) is 84.2 Å². The first-order valence-electron chi connectivity index (χ1n) is 6.36. The Morgan fingerprint density at radius 2 is 2.05 bits per heavy atom. The van der Waals surface area contributed by atoms with Gasteiger partial charge in [0.15, 0.2) is 0 Å². The average molecular weight is 273 g/mol. The number of hydrogen-bond acceptors (Lipinski definition) is 3. The lowest BCUT2D eigenvalue weighted by molar-refractivity contribution is -0.120. The van der Waals surface area contributed by atoms with Crippen LogP contribution >= 0.6 is 0 Å². The average Bonchev–Trinajstić information content (AvgIpc) is 2.44. The van der Waals surface area contributed by atoms with Crippen LogP contribution in [0.1, 0.15) is 27.9 Å². The van der Waals surface area contributed by atoms with Crippen molar-refractivity contribution < 1.29 is 9.59 Å². The number of amides is 2. The van der Waals surface area contributed by atoms with E-state index in [1.54, 1.807) is 19.2 Å². The van der Waals surface area contributed by atoms with E-state index in [2.05, 4.69) is 22.5 Å². The normalized spacial score (nSPS) is 9.35. The number of carbonyl (C=O) groups excluding carboxylic acids is 2. The smallest absolute Gasteiger partial charge is 0.251 e. The molecule has 0 saturated heterocycles. The van der Waals surface area contributed by atoms with Crippen LogP contribution < -0.4 is 16.4 Å². The molecule has 0 unspecified atom stereocenters. The van der Waals surface area contributed by atoms with Gasteiger partial charge in [-0.3, -0.25) is 9.59 Å². The van der Waals surface area contributed by atoms with Crippen LogP contribution in [0.2, 0.25) is 0 Å². The zero-order chi connectivity index (χ0) is 15.0. The van der Waals surface area contributed by atoms with Gasteiger partial charge in [-0.25, -0.2) is 0 Å². The van der Waals surface area contributed by atoms with E-state index in [9.17, 15) is 9.59 Å². The molecule has 0 bridgehead atoms. The Kier molecular flexibility index (Phi) is 6.27. The lowest BCUT2D eigenvalue weighted by Gasteiger charge is -2.06. The molecule has 0 aliphatic rings. The Morgan fingerprint density at radius 3 is 2.70 bits per heavy atom. The minimum Gasteiger partial charge on any atom is -0.359 e. The highest BCUT2D eigenvalue weighted by Gasteiger charge is 2.07. The first-order valence-corrected chi connectivity index (χ1v) is 6.36. The van der Waals surface area contributed by atoms with E-state index in [-0.39, 0.29) is 24.8 Å². The second kappa shape index (κ2) is 7.97. The highest BCUT2D eigenvalue weighted by molar-refractivity contribution is 5.95. The summed E-state index contributed by atoms with van der Waals surface area (Å²) in [6, 6.07) is 5.39. The fraction of sp³-hybridized carbons (Fsp3) is 0.333. The highest BCUT2D eigenvalue weighted by atomic mass is 16.2. The van der Waals surface area contributed by atoms with Gasteiger partial charge in [-0.05, 0) is 30.7 Å². The quantitative estimate of drug-likeness (QED) is 0.684. The van der Waals surface area contributed by atoms with Crippen molar-refractivity contribution in [3.63, 3.8) is 0 Å². The Balaban J connectivity index is 2.72. The molecule has 1 rings (SSSR count). The summed E-state index contributed by atoms with van der Waals surface area (Å²) in [6.45, 7) is 2.48. The van der Waals surface area contributed by atoms with Crippen molar-refractivity contribution in [3.8, 4) is 11.8 Å². The predicted molar refractivity (Wildman–Crippen MR) is 78.1 cm³/mol. The van der Waals surface area contributed by atoms with Gasteiger partial charge in [-0.2, -0.15) is 0 Å². The van der Waals surface area contributed by atoms with Crippen LogP contribution in [-0.2, 0) is 4.79 Å². The minimum absolute atomic E-state index is 0.107. The second-order valence-electron chi connectivity index (χ2n) is 4.27. The molecule has 5 nitrogen and oxygen atoms in total. The van der Waals surface area contributed by atoms with Gasteiger partial charge >= 0.3 is 0 Å². The fourth-order valence-corrected chi connectivity index (χ4v) is 1.66. The lowest BCUT2D eigenvalue weighted by atomic mass is 10.1. The number of nitrogens with one attached hydrogen (secondary N) is 2. The molecule has 1 aromatic rings. The van der Waals surface area contributed by atoms with E-state index in [0.717, 1.165) is 11.1 Å². The summed E-state index contributed by atoms with van der Waals surface area (Å²) in [5.74, 6) is 5.34. The SMILES string of the molecule is CNC(=O)CCNC(=O)c1cc(C)cc(C#CCN)c1. The number of rotatable bonds is 4. The molecule has 0 aliphatic heterocycles. The van der Waals surface area contributed by atoms with Crippen LogP contribution in [0.15, 0.2) is 18.2 Å². The van der Waals surface area contributed by atoms with Crippen LogP contribution in [0, 0.1) is 18.8 Å². The van der Waals surface area contributed by atoms with Gasteiger partial charge in [-0.1, -0.05) is 11.8 Å². The summed E-state index contributed by atoms with van der Waals surface area (Å²) in [5, 5.41) is 5.20. The number of hydrogen-bond donors (Lipinski definition) is 3. The van der Waals surface area contributed by atoms with Crippen molar-refractivity contribution in [2.24, 2.45) is 5.73 Å². The van der Waals surface area contributed by atoms with Gasteiger partial charge < -0.3 is 16.4 Å². The third-order valence-electron chi connectivity index (χ3n) is 2.59. The highest BCUT2D eigenvalue weighted by Crippen LogP contribution is 2.09. The van der Waals surface area contributed by atoms with E-state index in [0.29, 0.717) is 12.1 Å². The molecule has 106 valence electrons. The summed E-state index contributed by atoms with van der Waals surface area (Å²) in [7, 11) is 1.56. The Bertz CT molecular complexity index is 556. The molecule has 1 aromatic carbocycles. The molecule has 0 aliphatic carbocycles. The van der Waals surface area contributed by atoms with Crippen molar-refractivity contribution in [2.75, 3.05) is 20.1 Å². The molecule has 20 heavy (non-hydrogen) atoms. The van der Waals surface area contributed by atoms with Gasteiger partial charge in [0.2, 0.25) is 5.91 Å². The van der Waals surface area contributed by atoms with Gasteiger partial charge in [0.25, 0.3) is 5.91 Å². The molecule has 0 spiro atoms. The zero-order valence-electron chi connectivity index (χ0n) is 11.7. The summed E-state index contributed by atoms with van der Waals surface area (Å²) >= 11 is 0. The Morgan fingerprint density at radius 1 is 1.30 bits per heavy atom. The number of nitrogens with two attached hydrogens (primary N) is 1. The second-order valence-corrected chi connectivity index (χ2v) is 4.27. The van der Waals surface area contributed by atoms with Crippen molar-refractivity contribution in [1.82, 2.24) is 10.6 Å². The van der Waals surface area contributed by atoms with E-state index in [1.807, 2.05) is 13.0 Å². The van der Waals surface area contributed by atoms with Crippen molar-refractivity contribution in [1.29, 1.82) is 0 Å². The molecule has 0 aromatic heterocycles. The maximum Gasteiger partial charge on any atom is 0.251 e. The van der Waals surface area contributed by atoms with Crippen LogP contribution in [0.5, 0.6) is 0 Å². The molecule has 0 radical (unpaired) electrons. The van der Waals surface area contributed by atoms with Gasteiger partial charge in [0, 0.05) is 31.1 Å². The summed E-state index contributed by atoms with van der Waals surface area (Å²) in [6.07, 6.45) is 0.258. The molecule has 2 amide bonds. The van der Waals surface area contributed by atoms with Crippen LogP contribution in [-0.4, -0.2) is 32.0 Å². The molecular formula is C15H19N3O2. The summed E-state index contributed by atoms with van der Waals surface area (Å²) in [5.41, 5.74) is 7.57. The first kappa shape index (κ1) is 15.7. The Labute approximate surface area is 118 Å². The predicted octanol–water partition coefficient (Wildman–Crippen LogP) is 0.171. The maximum absolute atomic E-state index is 12.0. The molecule has 0 saturated carbocycles. The fourth-order valence-electron chi connectivity index (χ4n) is 1.66. The molecule has 4 N–H and O–H groups in total. The van der Waals surface area contributed by atoms with Crippen molar-refractivity contribution in [2.45, 2.75) is 13.3 Å². The minimum atomic E-state index is -0.214. The Hall–Kier alpha value is -2.32. The van der Waals surface area contributed by atoms with E-state index < -0.39 is 0 Å². The molecule has 0 heterocycles. The first-order chi connectivity index (χ1) is 9.56. The monoisotopic (exact) mass is 273 g/mol. The zero-order valence-corrected chi connectivity index (χ0v) is 11.7. The van der Waals surface area contributed by atoms with Crippen molar-refractivity contribution >= 4 is 11.8 Å². The summed E-state index contributed by atoms with van der Waals surface area (Å²) in [4.78, 5) is 23.0. The van der Waals surface area contributed by atoms with E-state index in [1.165, 1.54) is 0 Å². The van der Waals surface area contributed by atoms with Gasteiger partial charge in [0.1, 0.15) is 0 Å². The summed E-state index contributed by atoms with van der Waals surface area (Å²) < 4.78 is 0. The van der Waals surface area contributed by atoms with E-state index >= 15 is 0 Å². The maximum atomic E-state index is 12.0.